The molecule has 0 aromatic rings. The molecule has 2 atom stereocenters. The van der Waals surface area contributed by atoms with Gasteiger partial charge >= 0.3 is 0 Å². The first-order chi connectivity index (χ1) is 7.43. The quantitative estimate of drug-likeness (QED) is 0.574. The topological polar surface area (TPSA) is 47.3 Å². The summed E-state index contributed by atoms with van der Waals surface area (Å²) in [5, 5.41) is 8.98. The van der Waals surface area contributed by atoms with Crippen molar-refractivity contribution < 1.29 is 4.79 Å². The second kappa shape index (κ2) is 3.38. The molecule has 0 radical (unpaired) electrons. The smallest absolute Gasteiger partial charge is 0.230 e. The second-order valence-electron chi connectivity index (χ2n) is 5.64. The van der Waals surface area contributed by atoms with Crippen molar-refractivity contribution in [3.05, 3.63) is 0 Å². The largest absolute Gasteiger partial charge is 0.345 e. The maximum Gasteiger partial charge on any atom is 0.230 e. The molecule has 0 aromatic heterocycles. The number of likely N-dealkylation sites (tertiary alicyclic amines) is 2. The fourth-order valence-electron chi connectivity index (χ4n) is 3.06. The third-order valence-electron chi connectivity index (χ3n) is 4.73. The van der Waals surface area contributed by atoms with Gasteiger partial charge in [0.15, 0.2) is 6.19 Å². The second-order valence-corrected chi connectivity index (χ2v) is 5.64. The van der Waals surface area contributed by atoms with Crippen LogP contribution < -0.4 is 0 Å². The lowest BCUT2D eigenvalue weighted by Gasteiger charge is -2.55. The molecule has 2 unspecified atom stereocenters. The molecule has 4 heteroatoms. The van der Waals surface area contributed by atoms with E-state index in [0.717, 1.165) is 25.9 Å². The number of carbonyl (C=O) groups excluding carboxylic acids is 1. The van der Waals surface area contributed by atoms with Gasteiger partial charge in [0, 0.05) is 26.7 Å². The predicted molar refractivity (Wildman–Crippen MR) is 60.3 cm³/mol. The summed E-state index contributed by atoms with van der Waals surface area (Å²) in [7, 11) is 1.86. The molecule has 0 N–H and O–H groups in total. The number of fused-ring (bicyclic) bond motifs is 1. The monoisotopic (exact) mass is 221 g/mol. The molecule has 2 aliphatic rings. The van der Waals surface area contributed by atoms with Crippen molar-refractivity contribution in [3.8, 4) is 6.19 Å². The summed E-state index contributed by atoms with van der Waals surface area (Å²) in [4.78, 5) is 15.9. The zero-order chi connectivity index (χ0) is 12.0. The first-order valence-corrected chi connectivity index (χ1v) is 5.83. The number of carbonyl (C=O) groups is 1. The number of rotatable bonds is 0. The molecule has 0 aromatic carbocycles. The van der Waals surface area contributed by atoms with Gasteiger partial charge in [-0.05, 0) is 25.2 Å². The Morgan fingerprint density at radius 2 is 1.94 bits per heavy atom. The van der Waals surface area contributed by atoms with Gasteiger partial charge in [-0.15, -0.1) is 0 Å². The molecule has 2 heterocycles. The molecule has 0 aliphatic carbocycles. The Kier molecular flexibility index (Phi) is 2.37. The summed E-state index contributed by atoms with van der Waals surface area (Å²) >= 11 is 0. The van der Waals surface area contributed by atoms with Crippen LogP contribution in [0.15, 0.2) is 0 Å². The van der Waals surface area contributed by atoms with E-state index < -0.39 is 5.41 Å². The van der Waals surface area contributed by atoms with Crippen molar-refractivity contribution in [2.75, 3.05) is 26.7 Å². The zero-order valence-electron chi connectivity index (χ0n) is 10.3. The van der Waals surface area contributed by atoms with Crippen LogP contribution in [0, 0.1) is 22.3 Å². The van der Waals surface area contributed by atoms with Gasteiger partial charge < -0.3 is 9.80 Å². The van der Waals surface area contributed by atoms with Gasteiger partial charge in [0.2, 0.25) is 5.91 Å². The Balaban J connectivity index is 2.35. The van der Waals surface area contributed by atoms with Crippen LogP contribution in [0.25, 0.3) is 0 Å². The first-order valence-electron chi connectivity index (χ1n) is 5.83. The van der Waals surface area contributed by atoms with Crippen molar-refractivity contribution >= 4 is 5.91 Å². The van der Waals surface area contributed by atoms with Crippen molar-refractivity contribution in [1.82, 2.24) is 9.80 Å². The number of amides is 1. The van der Waals surface area contributed by atoms with Crippen LogP contribution >= 0.6 is 0 Å². The summed E-state index contributed by atoms with van der Waals surface area (Å²) in [6.07, 6.45) is 4.17. The Hall–Kier alpha value is -1.24. The van der Waals surface area contributed by atoms with E-state index in [2.05, 4.69) is 13.1 Å². The SMILES string of the molecule is CN1CCC2(C)CCN(C#N)CC2(C)C1=O. The third kappa shape index (κ3) is 1.31. The van der Waals surface area contributed by atoms with Crippen LogP contribution in [-0.2, 0) is 4.79 Å². The zero-order valence-corrected chi connectivity index (χ0v) is 10.3. The molecule has 2 saturated heterocycles. The van der Waals surface area contributed by atoms with Crippen LogP contribution in [-0.4, -0.2) is 42.4 Å². The summed E-state index contributed by atoms with van der Waals surface area (Å²) in [5.41, 5.74) is -0.335. The lowest BCUT2D eigenvalue weighted by Crippen LogP contribution is -2.63. The van der Waals surface area contributed by atoms with Gasteiger partial charge in [-0.1, -0.05) is 6.92 Å². The van der Waals surface area contributed by atoms with E-state index >= 15 is 0 Å². The Morgan fingerprint density at radius 1 is 1.31 bits per heavy atom. The Morgan fingerprint density at radius 3 is 2.56 bits per heavy atom. The van der Waals surface area contributed by atoms with Crippen molar-refractivity contribution in [2.24, 2.45) is 10.8 Å². The highest BCUT2D eigenvalue weighted by Crippen LogP contribution is 2.51. The van der Waals surface area contributed by atoms with E-state index in [1.807, 2.05) is 18.9 Å². The molecule has 1 amide bonds. The summed E-state index contributed by atoms with van der Waals surface area (Å²) in [6, 6.07) is 0. The average Bonchev–Trinajstić information content (AvgIpc) is 2.27. The maximum atomic E-state index is 12.3. The highest BCUT2D eigenvalue weighted by molar-refractivity contribution is 5.84. The first kappa shape index (κ1) is 11.3. The molecular formula is C12H19N3O. The van der Waals surface area contributed by atoms with E-state index in [1.54, 1.807) is 4.90 Å². The molecule has 88 valence electrons. The third-order valence-corrected chi connectivity index (χ3v) is 4.73. The number of hydrogen-bond donors (Lipinski definition) is 0. The van der Waals surface area contributed by atoms with Crippen molar-refractivity contribution in [2.45, 2.75) is 26.7 Å². The average molecular weight is 221 g/mol. The molecule has 0 saturated carbocycles. The predicted octanol–water partition coefficient (Wildman–Crippen LogP) is 1.05. The highest BCUT2D eigenvalue weighted by atomic mass is 16.2. The van der Waals surface area contributed by atoms with Crippen molar-refractivity contribution in [3.63, 3.8) is 0 Å². The molecule has 0 bridgehead atoms. The minimum atomic E-state index is -0.395. The van der Waals surface area contributed by atoms with Gasteiger partial charge in [-0.25, -0.2) is 0 Å². The summed E-state index contributed by atoms with van der Waals surface area (Å²) < 4.78 is 0. The maximum absolute atomic E-state index is 12.3. The molecule has 0 spiro atoms. The molecule has 4 nitrogen and oxygen atoms in total. The van der Waals surface area contributed by atoms with E-state index in [-0.39, 0.29) is 11.3 Å². The van der Waals surface area contributed by atoms with Crippen LogP contribution in [0.2, 0.25) is 0 Å². The fraction of sp³-hybridized carbons (Fsp3) is 0.833. The minimum Gasteiger partial charge on any atom is -0.345 e. The summed E-state index contributed by atoms with van der Waals surface area (Å²) in [5.74, 6) is 0.196. The van der Waals surface area contributed by atoms with Crippen LogP contribution in [0.5, 0.6) is 0 Å². The van der Waals surface area contributed by atoms with Crippen LogP contribution in [0.1, 0.15) is 26.7 Å². The summed E-state index contributed by atoms with van der Waals surface area (Å²) in [6.45, 7) is 6.43. The van der Waals surface area contributed by atoms with Gasteiger partial charge in [-0.2, -0.15) is 5.26 Å². The number of nitrogens with zero attached hydrogens (tertiary/aromatic N) is 3. The number of hydrogen-bond acceptors (Lipinski definition) is 3. The highest BCUT2D eigenvalue weighted by Gasteiger charge is 2.56. The van der Waals surface area contributed by atoms with E-state index in [9.17, 15) is 4.79 Å². The lowest BCUT2D eigenvalue weighted by molar-refractivity contribution is -0.162. The Bertz CT molecular complexity index is 362. The molecule has 2 rings (SSSR count). The number of piperidine rings is 2. The van der Waals surface area contributed by atoms with E-state index in [4.69, 9.17) is 5.26 Å². The normalized spacial score (nSPS) is 39.2. The molecule has 2 fully saturated rings. The standard InChI is InChI=1S/C12H19N3O/c1-11-4-6-14(3)10(16)12(11,2)8-15(9-13)7-5-11/h4-8H2,1-3H3. The lowest BCUT2D eigenvalue weighted by atomic mass is 9.57. The van der Waals surface area contributed by atoms with Gasteiger partial charge in [0.1, 0.15) is 0 Å². The molecule has 2 aliphatic heterocycles. The van der Waals surface area contributed by atoms with E-state index in [0.29, 0.717) is 6.54 Å². The minimum absolute atomic E-state index is 0.0595. The Labute approximate surface area is 96.8 Å². The fourth-order valence-corrected chi connectivity index (χ4v) is 3.06. The van der Waals surface area contributed by atoms with Crippen molar-refractivity contribution in [1.29, 1.82) is 5.26 Å². The molecule has 16 heavy (non-hydrogen) atoms. The van der Waals surface area contributed by atoms with E-state index in [1.165, 1.54) is 0 Å². The van der Waals surface area contributed by atoms with Gasteiger partial charge in [0.25, 0.3) is 0 Å². The van der Waals surface area contributed by atoms with Gasteiger partial charge in [0.05, 0.1) is 5.41 Å². The van der Waals surface area contributed by atoms with Crippen LogP contribution in [0.4, 0.5) is 0 Å². The van der Waals surface area contributed by atoms with Crippen LogP contribution in [0.3, 0.4) is 0 Å². The molecular weight excluding hydrogens is 202 g/mol. The van der Waals surface area contributed by atoms with Gasteiger partial charge in [-0.3, -0.25) is 4.79 Å². The number of nitriles is 1.